The molecule has 1 aliphatic heterocycles. The van der Waals surface area contributed by atoms with Gasteiger partial charge in [-0.3, -0.25) is 9.59 Å². The van der Waals surface area contributed by atoms with Crippen LogP contribution >= 0.6 is 12.4 Å². The monoisotopic (exact) mass is 311 g/mol. The van der Waals surface area contributed by atoms with Gasteiger partial charge in [-0.25, -0.2) is 0 Å². The van der Waals surface area contributed by atoms with Gasteiger partial charge < -0.3 is 16.4 Å². The Balaban J connectivity index is 0.00000220. The Kier molecular flexibility index (Phi) is 6.65. The highest BCUT2D eigenvalue weighted by molar-refractivity contribution is 5.99. The van der Waals surface area contributed by atoms with Crippen LogP contribution in [0.15, 0.2) is 24.3 Å². The molecule has 1 aliphatic rings. The van der Waals surface area contributed by atoms with Crippen molar-refractivity contribution >= 4 is 24.2 Å². The number of rotatable bonds is 4. The Bertz CT molecular complexity index is 505. The van der Waals surface area contributed by atoms with E-state index >= 15 is 0 Å². The molecule has 0 saturated carbocycles. The van der Waals surface area contributed by atoms with Crippen molar-refractivity contribution in [1.82, 2.24) is 4.90 Å². The highest BCUT2D eigenvalue weighted by Gasteiger charge is 2.24. The van der Waals surface area contributed by atoms with E-state index in [1.54, 1.807) is 24.3 Å². The quantitative estimate of drug-likeness (QED) is 0.881. The Labute approximate surface area is 131 Å². The van der Waals surface area contributed by atoms with Gasteiger partial charge in [-0.1, -0.05) is 6.07 Å². The molecule has 2 amide bonds. The van der Waals surface area contributed by atoms with Crippen LogP contribution in [-0.4, -0.2) is 36.3 Å². The number of halogens is 1. The first kappa shape index (κ1) is 17.5. The first-order chi connectivity index (χ1) is 9.61. The summed E-state index contributed by atoms with van der Waals surface area (Å²) < 4.78 is 0. The largest absolute Gasteiger partial charge is 0.366 e. The zero-order valence-electron chi connectivity index (χ0n) is 12.0. The Morgan fingerprint density at radius 2 is 2.00 bits per heavy atom. The van der Waals surface area contributed by atoms with Gasteiger partial charge in [-0.15, -0.1) is 12.4 Å². The second kappa shape index (κ2) is 8.00. The lowest BCUT2D eigenvalue weighted by atomic mass is 9.94. The van der Waals surface area contributed by atoms with Gasteiger partial charge in [0.2, 0.25) is 5.91 Å². The molecule has 116 valence electrons. The zero-order chi connectivity index (χ0) is 14.5. The topological polar surface area (TPSA) is 89.4 Å². The van der Waals surface area contributed by atoms with Crippen molar-refractivity contribution in [2.45, 2.75) is 19.3 Å². The third-order valence-electron chi connectivity index (χ3n) is 3.78. The number of piperidine rings is 1. The maximum atomic E-state index is 12.5. The SMILES string of the molecule is Cl.NCCC1CCCN(C(=O)c2cccc(C(N)=O)c2)C1. The molecular formula is C15H22ClN3O2. The summed E-state index contributed by atoms with van der Waals surface area (Å²) in [4.78, 5) is 25.5. The molecule has 1 heterocycles. The third kappa shape index (κ3) is 4.44. The molecule has 0 radical (unpaired) electrons. The van der Waals surface area contributed by atoms with E-state index in [0.717, 1.165) is 32.4 Å². The molecule has 0 aromatic heterocycles. The van der Waals surface area contributed by atoms with E-state index in [1.165, 1.54) is 0 Å². The van der Waals surface area contributed by atoms with Gasteiger partial charge in [0.1, 0.15) is 0 Å². The number of hydrogen-bond acceptors (Lipinski definition) is 3. The van der Waals surface area contributed by atoms with E-state index in [2.05, 4.69) is 0 Å². The van der Waals surface area contributed by atoms with Crippen LogP contribution in [0.2, 0.25) is 0 Å². The lowest BCUT2D eigenvalue weighted by Gasteiger charge is -2.32. The van der Waals surface area contributed by atoms with Gasteiger partial charge in [-0.2, -0.15) is 0 Å². The lowest BCUT2D eigenvalue weighted by Crippen LogP contribution is -2.40. The number of hydrogen-bond donors (Lipinski definition) is 2. The van der Waals surface area contributed by atoms with Crippen LogP contribution in [0.1, 0.15) is 40.0 Å². The van der Waals surface area contributed by atoms with E-state index in [4.69, 9.17) is 11.5 Å². The number of benzene rings is 1. The summed E-state index contributed by atoms with van der Waals surface area (Å²) in [5.41, 5.74) is 11.7. The van der Waals surface area contributed by atoms with E-state index < -0.39 is 5.91 Å². The minimum Gasteiger partial charge on any atom is -0.366 e. The summed E-state index contributed by atoms with van der Waals surface area (Å²) in [6.07, 6.45) is 3.08. The molecule has 0 spiro atoms. The van der Waals surface area contributed by atoms with Crippen molar-refractivity contribution in [2.75, 3.05) is 19.6 Å². The molecule has 2 rings (SSSR count). The highest BCUT2D eigenvalue weighted by atomic mass is 35.5. The van der Waals surface area contributed by atoms with Crippen LogP contribution in [0.25, 0.3) is 0 Å². The minimum absolute atomic E-state index is 0. The summed E-state index contributed by atoms with van der Waals surface area (Å²) >= 11 is 0. The Morgan fingerprint density at radius 3 is 2.67 bits per heavy atom. The van der Waals surface area contributed by atoms with Crippen LogP contribution in [0, 0.1) is 5.92 Å². The number of carbonyl (C=O) groups excluding carboxylic acids is 2. The summed E-state index contributed by atoms with van der Waals surface area (Å²) in [5, 5.41) is 0. The number of primary amides is 1. The molecule has 4 N–H and O–H groups in total. The van der Waals surface area contributed by atoms with Crippen LogP contribution in [0.3, 0.4) is 0 Å². The maximum absolute atomic E-state index is 12.5. The van der Waals surface area contributed by atoms with Crippen molar-refractivity contribution < 1.29 is 9.59 Å². The summed E-state index contributed by atoms with van der Waals surface area (Å²) in [5.74, 6) is -0.0638. The van der Waals surface area contributed by atoms with Crippen LogP contribution in [0.5, 0.6) is 0 Å². The number of carbonyl (C=O) groups is 2. The first-order valence-electron chi connectivity index (χ1n) is 7.01. The van der Waals surface area contributed by atoms with Crippen molar-refractivity contribution in [3.8, 4) is 0 Å². The normalized spacial score (nSPS) is 18.0. The molecule has 1 aromatic carbocycles. The molecule has 0 bridgehead atoms. The maximum Gasteiger partial charge on any atom is 0.253 e. The number of nitrogens with zero attached hydrogens (tertiary/aromatic N) is 1. The van der Waals surface area contributed by atoms with Crippen molar-refractivity contribution in [3.05, 3.63) is 35.4 Å². The smallest absolute Gasteiger partial charge is 0.253 e. The van der Waals surface area contributed by atoms with Crippen molar-refractivity contribution in [3.63, 3.8) is 0 Å². The van der Waals surface area contributed by atoms with Gasteiger partial charge in [0.15, 0.2) is 0 Å². The lowest BCUT2D eigenvalue weighted by molar-refractivity contribution is 0.0669. The van der Waals surface area contributed by atoms with Gasteiger partial charge in [0.25, 0.3) is 5.91 Å². The fourth-order valence-corrected chi connectivity index (χ4v) is 2.71. The van der Waals surface area contributed by atoms with E-state index in [9.17, 15) is 9.59 Å². The predicted molar refractivity (Wildman–Crippen MR) is 84.5 cm³/mol. The number of amides is 2. The fourth-order valence-electron chi connectivity index (χ4n) is 2.71. The third-order valence-corrected chi connectivity index (χ3v) is 3.78. The average Bonchev–Trinajstić information content (AvgIpc) is 2.47. The van der Waals surface area contributed by atoms with Crippen LogP contribution in [0.4, 0.5) is 0 Å². The highest BCUT2D eigenvalue weighted by Crippen LogP contribution is 2.21. The fraction of sp³-hybridized carbons (Fsp3) is 0.467. The van der Waals surface area contributed by atoms with Crippen LogP contribution in [-0.2, 0) is 0 Å². The molecule has 0 aliphatic carbocycles. The number of nitrogens with two attached hydrogens (primary N) is 2. The summed E-state index contributed by atoms with van der Waals surface area (Å²) in [6, 6.07) is 6.60. The Hall–Kier alpha value is -1.59. The molecule has 6 heteroatoms. The van der Waals surface area contributed by atoms with Crippen molar-refractivity contribution in [1.29, 1.82) is 0 Å². The van der Waals surface area contributed by atoms with E-state index in [0.29, 0.717) is 23.6 Å². The van der Waals surface area contributed by atoms with E-state index in [1.807, 2.05) is 4.90 Å². The number of likely N-dealkylation sites (tertiary alicyclic amines) is 1. The molecule has 1 atom stereocenters. The average molecular weight is 312 g/mol. The minimum atomic E-state index is -0.515. The second-order valence-corrected chi connectivity index (χ2v) is 5.28. The first-order valence-corrected chi connectivity index (χ1v) is 7.01. The summed E-state index contributed by atoms with van der Waals surface area (Å²) in [6.45, 7) is 2.17. The molecule has 5 nitrogen and oxygen atoms in total. The standard InChI is InChI=1S/C15H21N3O2.ClH/c16-7-6-11-3-2-8-18(10-11)15(20)13-5-1-4-12(9-13)14(17)19;/h1,4-5,9,11H,2-3,6-8,10,16H2,(H2,17,19);1H. The predicted octanol–water partition coefficient (Wildman–Crippen LogP) is 1.41. The molecule has 21 heavy (non-hydrogen) atoms. The van der Waals surface area contributed by atoms with Gasteiger partial charge in [0, 0.05) is 24.2 Å². The second-order valence-electron chi connectivity index (χ2n) is 5.28. The Morgan fingerprint density at radius 1 is 1.29 bits per heavy atom. The molecule has 1 unspecified atom stereocenters. The zero-order valence-corrected chi connectivity index (χ0v) is 12.8. The van der Waals surface area contributed by atoms with E-state index in [-0.39, 0.29) is 18.3 Å². The summed E-state index contributed by atoms with van der Waals surface area (Å²) in [7, 11) is 0. The van der Waals surface area contributed by atoms with Crippen LogP contribution < -0.4 is 11.5 Å². The van der Waals surface area contributed by atoms with Gasteiger partial charge >= 0.3 is 0 Å². The molecule has 1 saturated heterocycles. The van der Waals surface area contributed by atoms with Crippen molar-refractivity contribution in [2.24, 2.45) is 17.4 Å². The molecule has 1 aromatic rings. The van der Waals surface area contributed by atoms with Gasteiger partial charge in [-0.05, 0) is 49.9 Å². The van der Waals surface area contributed by atoms with Gasteiger partial charge in [0.05, 0.1) is 0 Å². The molecule has 1 fully saturated rings. The molecular weight excluding hydrogens is 290 g/mol.